The minimum Gasteiger partial charge on any atom is -0.480 e. The van der Waals surface area contributed by atoms with Crippen molar-refractivity contribution in [1.82, 2.24) is 41.3 Å². The summed E-state index contributed by atoms with van der Waals surface area (Å²) in [6, 6.07) is 12.0. The number of likely N-dealkylation sites (tertiary alicyclic amines) is 1. The lowest BCUT2D eigenvalue weighted by Gasteiger charge is -2.41. The van der Waals surface area contributed by atoms with Crippen LogP contribution < -0.4 is 37.6 Å². The zero-order chi connectivity index (χ0) is 62.3. The van der Waals surface area contributed by atoms with E-state index in [1.54, 1.807) is 67.1 Å². The molecular formula is C62H104N10O11. The average molecular weight is 1170 g/mol. The van der Waals surface area contributed by atoms with Gasteiger partial charge in [0.1, 0.15) is 12.6 Å². The van der Waals surface area contributed by atoms with Crippen LogP contribution >= 0.6 is 0 Å². The number of hydrogen-bond donors (Lipinski definition) is 8. The molecule has 0 unspecified atom stereocenters. The molecule has 21 heteroatoms. The fraction of sp³-hybridized carbons (Fsp3) is 0.694. The van der Waals surface area contributed by atoms with E-state index in [1.165, 1.54) is 7.11 Å². The highest BCUT2D eigenvalue weighted by atomic mass is 16.6. The Morgan fingerprint density at radius 3 is 1.99 bits per heavy atom. The van der Waals surface area contributed by atoms with E-state index in [0.29, 0.717) is 68.9 Å². The van der Waals surface area contributed by atoms with Gasteiger partial charge in [0.05, 0.1) is 48.7 Å². The number of carboxylic acids is 1. The summed E-state index contributed by atoms with van der Waals surface area (Å²) in [5.41, 5.74) is 7.20. The number of anilines is 1. The number of hydrogen-bond acceptors (Lipinski definition) is 13. The number of likely N-dealkylation sites (N-methyl/N-ethyl adjacent to an activating group) is 2. The van der Waals surface area contributed by atoms with Gasteiger partial charge in [-0.25, -0.2) is 14.4 Å². The van der Waals surface area contributed by atoms with Crippen LogP contribution in [-0.2, 0) is 51.2 Å². The number of ether oxygens (including phenoxy) is 3. The van der Waals surface area contributed by atoms with Gasteiger partial charge in [-0.3, -0.25) is 19.2 Å². The van der Waals surface area contributed by atoms with Gasteiger partial charge in [-0.15, -0.1) is 0 Å². The molecule has 21 nitrogen and oxygen atoms in total. The molecule has 11 atom stereocenters. The summed E-state index contributed by atoms with van der Waals surface area (Å²) < 4.78 is 17.9. The second-order valence-corrected chi connectivity index (χ2v) is 24.6. The van der Waals surface area contributed by atoms with Gasteiger partial charge < -0.3 is 71.7 Å². The topological polar surface area (TPSA) is 275 Å². The van der Waals surface area contributed by atoms with Gasteiger partial charge in [-0.1, -0.05) is 111 Å². The lowest BCUT2D eigenvalue weighted by atomic mass is 9.89. The third kappa shape index (κ3) is 22.9. The summed E-state index contributed by atoms with van der Waals surface area (Å²) in [7, 11) is 6.47. The molecule has 1 fully saturated rings. The number of nitrogens with two attached hydrogens (primary N) is 1. The average Bonchev–Trinajstić information content (AvgIpc) is 4.11. The Morgan fingerprint density at radius 2 is 1.45 bits per heavy atom. The summed E-state index contributed by atoms with van der Waals surface area (Å²) in [4.78, 5) is 98.8. The molecule has 2 aromatic rings. The monoisotopic (exact) mass is 1160 g/mol. The van der Waals surface area contributed by atoms with Crippen molar-refractivity contribution in [3.63, 3.8) is 0 Å². The summed E-state index contributed by atoms with van der Waals surface area (Å²) in [6.07, 6.45) is 1.08. The Balaban J connectivity index is 1.68. The van der Waals surface area contributed by atoms with Crippen LogP contribution in [0.2, 0.25) is 0 Å². The van der Waals surface area contributed by atoms with Crippen LogP contribution in [0.5, 0.6) is 0 Å². The molecule has 0 radical (unpaired) electrons. The van der Waals surface area contributed by atoms with Gasteiger partial charge in [0.25, 0.3) is 0 Å². The van der Waals surface area contributed by atoms with Crippen molar-refractivity contribution in [2.45, 2.75) is 195 Å². The maximum Gasteiger partial charge on any atom is 0.410 e. The number of rotatable bonds is 35. The van der Waals surface area contributed by atoms with Crippen molar-refractivity contribution in [3.05, 3.63) is 65.7 Å². The molecule has 468 valence electrons. The molecule has 83 heavy (non-hydrogen) atoms. The first-order valence-corrected chi connectivity index (χ1v) is 29.8. The minimum atomic E-state index is -1.15. The molecule has 0 aromatic heterocycles. The standard InChI is InChI=1S/C62H104N10O11/c1-17-41(8)54(51(81-15)34-52(73)72-32-22-26-49(72)55(82-16)42(9)56(74)68-47(59(77)78)33-43-23-19-18-20-24-43)71(14)58(76)53(40(6)7)66-36-50(39(4)5)70(13)61(80)83-37-44-27-29-45(30-28-44)67-57(75)46(25-21-31-64-60(63)79)65-35-48(38(2)3)69-62(10,11)12/h18-20,23-24,27-30,38-42,46-51,53-55,65-66,69H,17,21-22,25-26,31-37H2,1-16H3,(H,67,75)(H,68,74)(H,77,78)(H3,63,64,79)/t41-,42+,46-,47-,48+,49-,50+,51+,53-,54-,55+/m0/s1. The van der Waals surface area contributed by atoms with Crippen molar-refractivity contribution < 1.29 is 52.9 Å². The SMILES string of the molecule is CC[C@H](C)[C@@H]([C@@H](CC(=O)N1CCC[C@H]1[C@H](OC)[C@@H](C)C(=O)N[C@@H](Cc1ccccc1)C(=O)O)OC)N(C)C(=O)[C@@H](NC[C@H](C(C)C)N(C)C(=O)OCc1ccc(NC(=O)[C@H](CCCNC(N)=O)NC[C@@H](NC(C)(C)C)C(C)C)cc1)C(C)C. The molecule has 1 aliphatic heterocycles. The third-order valence-corrected chi connectivity index (χ3v) is 16.1. The number of primary amides is 1. The molecule has 2 aromatic carbocycles. The fourth-order valence-electron chi connectivity index (χ4n) is 11.0. The molecule has 0 spiro atoms. The van der Waals surface area contributed by atoms with Crippen molar-refractivity contribution in [2.75, 3.05) is 59.8 Å². The fourth-order valence-corrected chi connectivity index (χ4v) is 11.0. The molecule has 1 heterocycles. The van der Waals surface area contributed by atoms with Crippen molar-refractivity contribution >= 4 is 47.4 Å². The number of methoxy groups -OCH3 is 2. The van der Waals surface area contributed by atoms with E-state index >= 15 is 0 Å². The van der Waals surface area contributed by atoms with E-state index in [2.05, 4.69) is 66.5 Å². The first-order valence-electron chi connectivity index (χ1n) is 29.8. The highest BCUT2D eigenvalue weighted by Gasteiger charge is 2.43. The van der Waals surface area contributed by atoms with Crippen LogP contribution in [0, 0.1) is 29.6 Å². The number of benzene rings is 2. The molecule has 1 saturated heterocycles. The maximum atomic E-state index is 14.8. The van der Waals surface area contributed by atoms with Gasteiger partial charge in [-0.05, 0) is 93.4 Å². The lowest BCUT2D eigenvalue weighted by Crippen LogP contribution is -2.58. The molecule has 0 bridgehead atoms. The predicted octanol–water partition coefficient (Wildman–Crippen LogP) is 6.38. The second-order valence-electron chi connectivity index (χ2n) is 24.6. The molecule has 1 aliphatic rings. The largest absolute Gasteiger partial charge is 0.480 e. The number of urea groups is 1. The lowest BCUT2D eigenvalue weighted by molar-refractivity contribution is -0.147. The van der Waals surface area contributed by atoms with E-state index in [4.69, 9.17) is 19.9 Å². The summed E-state index contributed by atoms with van der Waals surface area (Å²) >= 11 is 0. The first-order chi connectivity index (χ1) is 39.0. The normalized spacial score (nSPS) is 17.3. The summed E-state index contributed by atoms with van der Waals surface area (Å²) in [5, 5.41) is 28.9. The van der Waals surface area contributed by atoms with E-state index < -0.39 is 72.3 Å². The van der Waals surface area contributed by atoms with Gasteiger partial charge in [0, 0.05) is 84.2 Å². The predicted molar refractivity (Wildman–Crippen MR) is 324 cm³/mol. The maximum absolute atomic E-state index is 14.8. The molecule has 3 rings (SSSR count). The first kappa shape index (κ1) is 71.4. The van der Waals surface area contributed by atoms with Crippen LogP contribution in [0.3, 0.4) is 0 Å². The quantitative estimate of drug-likeness (QED) is 0.0348. The Hall–Kier alpha value is -5.87. The van der Waals surface area contributed by atoms with Crippen molar-refractivity contribution in [2.24, 2.45) is 35.3 Å². The van der Waals surface area contributed by atoms with Gasteiger partial charge >= 0.3 is 18.1 Å². The summed E-state index contributed by atoms with van der Waals surface area (Å²) in [6.45, 7) is 25.8. The summed E-state index contributed by atoms with van der Waals surface area (Å²) in [5.74, 6) is -3.01. The van der Waals surface area contributed by atoms with Crippen LogP contribution in [0.15, 0.2) is 54.6 Å². The van der Waals surface area contributed by atoms with Crippen molar-refractivity contribution in [1.29, 1.82) is 0 Å². The third-order valence-electron chi connectivity index (χ3n) is 16.1. The zero-order valence-corrected chi connectivity index (χ0v) is 52.7. The molecule has 9 N–H and O–H groups in total. The highest BCUT2D eigenvalue weighted by Crippen LogP contribution is 2.30. The minimum absolute atomic E-state index is 0.0195. The Kier molecular flexibility index (Phi) is 29.9. The zero-order valence-electron chi connectivity index (χ0n) is 52.7. The molecule has 7 amide bonds. The Bertz CT molecular complexity index is 2330. The van der Waals surface area contributed by atoms with Crippen LogP contribution in [0.25, 0.3) is 0 Å². The second kappa shape index (κ2) is 34.8. The highest BCUT2D eigenvalue weighted by molar-refractivity contribution is 5.95. The number of aliphatic carboxylic acids is 1. The number of amides is 7. The van der Waals surface area contributed by atoms with Gasteiger partial charge in [-0.2, -0.15) is 0 Å². The Morgan fingerprint density at radius 1 is 0.795 bits per heavy atom. The van der Waals surface area contributed by atoms with E-state index in [9.17, 15) is 38.7 Å². The van der Waals surface area contributed by atoms with Crippen LogP contribution in [0.4, 0.5) is 15.3 Å². The number of nitrogens with zero attached hydrogens (tertiary/aromatic N) is 3. The van der Waals surface area contributed by atoms with E-state index in [1.807, 2.05) is 71.9 Å². The van der Waals surface area contributed by atoms with E-state index in [0.717, 1.165) is 5.56 Å². The number of carboxylic acid groups (broad SMARTS) is 1. The molecule has 0 aliphatic carbocycles. The number of carbonyl (C=O) groups excluding carboxylic acids is 6. The van der Waals surface area contributed by atoms with Gasteiger partial charge in [0.2, 0.25) is 23.6 Å². The smallest absolute Gasteiger partial charge is 0.410 e. The van der Waals surface area contributed by atoms with Crippen LogP contribution in [-0.4, -0.2) is 176 Å². The number of nitrogens with one attached hydrogen (secondary N) is 6. The number of carbonyl (C=O) groups is 7. The van der Waals surface area contributed by atoms with Gasteiger partial charge in [0.15, 0.2) is 0 Å². The molecular weight excluding hydrogens is 1060 g/mol. The molecule has 0 saturated carbocycles. The Labute approximate surface area is 495 Å². The van der Waals surface area contributed by atoms with Crippen molar-refractivity contribution in [3.8, 4) is 0 Å². The van der Waals surface area contributed by atoms with E-state index in [-0.39, 0.29) is 79.1 Å². The van der Waals surface area contributed by atoms with Crippen LogP contribution in [0.1, 0.15) is 133 Å².